The zero-order valence-electron chi connectivity index (χ0n) is 18.5. The predicted molar refractivity (Wildman–Crippen MR) is 119 cm³/mol. The van der Waals surface area contributed by atoms with Gasteiger partial charge in [-0.15, -0.1) is 0 Å². The van der Waals surface area contributed by atoms with Crippen LogP contribution in [0, 0.1) is 5.92 Å². The molecule has 0 radical (unpaired) electrons. The maximum absolute atomic E-state index is 13.1. The number of hydrogen-bond donors (Lipinski definition) is 2. The van der Waals surface area contributed by atoms with E-state index in [1.807, 2.05) is 87.4 Å². The fourth-order valence-electron chi connectivity index (χ4n) is 3.35. The molecule has 6 heteroatoms. The molecule has 0 aliphatic carbocycles. The molecule has 2 aromatic rings. The molecule has 0 spiro atoms. The fraction of sp³-hybridized carbons (Fsp3) is 0.417. The Morgan fingerprint density at radius 3 is 2.23 bits per heavy atom. The number of rotatable bonds is 10. The lowest BCUT2D eigenvalue weighted by atomic mass is 10.0. The number of benzene rings is 2. The number of para-hydroxylation sites is 1. The minimum Gasteiger partial charge on any atom is -0.496 e. The largest absolute Gasteiger partial charge is 0.496 e. The number of nitrogens with zero attached hydrogens (tertiary/aromatic N) is 1. The molecule has 2 rings (SSSR count). The van der Waals surface area contributed by atoms with E-state index < -0.39 is 6.04 Å². The van der Waals surface area contributed by atoms with Crippen LogP contribution in [-0.4, -0.2) is 44.5 Å². The van der Waals surface area contributed by atoms with Gasteiger partial charge in [0.25, 0.3) is 0 Å². The Balaban J connectivity index is 2.18. The third-order valence-corrected chi connectivity index (χ3v) is 4.88. The van der Waals surface area contributed by atoms with E-state index in [2.05, 4.69) is 10.6 Å². The minimum absolute atomic E-state index is 0.0760. The number of ether oxygens (including phenoxy) is 1. The van der Waals surface area contributed by atoms with E-state index in [0.29, 0.717) is 13.0 Å². The van der Waals surface area contributed by atoms with Gasteiger partial charge in [0.2, 0.25) is 11.8 Å². The number of methoxy groups -OCH3 is 1. The molecule has 0 aromatic heterocycles. The summed E-state index contributed by atoms with van der Waals surface area (Å²) < 4.78 is 5.49. The van der Waals surface area contributed by atoms with Crippen LogP contribution in [0.25, 0.3) is 0 Å². The van der Waals surface area contributed by atoms with Crippen LogP contribution in [0.15, 0.2) is 54.6 Å². The van der Waals surface area contributed by atoms with Crippen molar-refractivity contribution in [3.8, 4) is 5.75 Å². The topological polar surface area (TPSA) is 70.7 Å². The van der Waals surface area contributed by atoms with E-state index in [9.17, 15) is 9.59 Å². The highest BCUT2D eigenvalue weighted by molar-refractivity contribution is 5.88. The Morgan fingerprint density at radius 1 is 1.00 bits per heavy atom. The highest BCUT2D eigenvalue weighted by atomic mass is 16.5. The molecule has 2 aromatic carbocycles. The monoisotopic (exact) mass is 411 g/mol. The van der Waals surface area contributed by atoms with Crippen LogP contribution >= 0.6 is 0 Å². The smallest absolute Gasteiger partial charge is 0.247 e. The van der Waals surface area contributed by atoms with Crippen molar-refractivity contribution in [3.05, 3.63) is 65.7 Å². The molecule has 30 heavy (non-hydrogen) atoms. The van der Waals surface area contributed by atoms with Crippen molar-refractivity contribution in [3.63, 3.8) is 0 Å². The summed E-state index contributed by atoms with van der Waals surface area (Å²) in [6, 6.07) is 16.3. The van der Waals surface area contributed by atoms with Crippen molar-refractivity contribution in [2.75, 3.05) is 27.7 Å². The molecule has 2 amide bonds. The van der Waals surface area contributed by atoms with Crippen molar-refractivity contribution in [1.82, 2.24) is 15.5 Å². The van der Waals surface area contributed by atoms with E-state index >= 15 is 0 Å². The van der Waals surface area contributed by atoms with Crippen molar-refractivity contribution in [2.45, 2.75) is 32.4 Å². The Labute approximate surface area is 179 Å². The molecule has 0 heterocycles. The van der Waals surface area contributed by atoms with Crippen LogP contribution in [0.3, 0.4) is 0 Å². The summed E-state index contributed by atoms with van der Waals surface area (Å²) in [6.07, 6.45) is 0.373. The van der Waals surface area contributed by atoms with Gasteiger partial charge in [-0.2, -0.15) is 0 Å². The summed E-state index contributed by atoms with van der Waals surface area (Å²) in [4.78, 5) is 27.5. The summed E-state index contributed by atoms with van der Waals surface area (Å²) in [7, 11) is 5.56. The standard InChI is InChI=1S/C24H33N3O3/c1-17(2)15-22(28)26-23(18-11-7-6-8-12-18)24(29)25-16-20(27(3)4)19-13-9-10-14-21(19)30-5/h6-14,17,20,23H,15-16H2,1-5H3,(H,25,29)(H,26,28). The van der Waals surface area contributed by atoms with E-state index in [0.717, 1.165) is 16.9 Å². The average Bonchev–Trinajstić information content (AvgIpc) is 2.72. The lowest BCUT2D eigenvalue weighted by Gasteiger charge is -2.28. The summed E-state index contributed by atoms with van der Waals surface area (Å²) in [5, 5.41) is 5.91. The molecule has 2 unspecified atom stereocenters. The van der Waals surface area contributed by atoms with Crippen molar-refractivity contribution >= 4 is 11.8 Å². The third kappa shape index (κ3) is 6.59. The molecular formula is C24H33N3O3. The maximum Gasteiger partial charge on any atom is 0.247 e. The van der Waals surface area contributed by atoms with Crippen LogP contribution in [0.2, 0.25) is 0 Å². The van der Waals surface area contributed by atoms with Gasteiger partial charge in [0, 0.05) is 18.5 Å². The van der Waals surface area contributed by atoms with Gasteiger partial charge in [-0.3, -0.25) is 9.59 Å². The fourth-order valence-corrected chi connectivity index (χ4v) is 3.35. The van der Waals surface area contributed by atoms with Gasteiger partial charge in [-0.05, 0) is 31.6 Å². The van der Waals surface area contributed by atoms with Gasteiger partial charge in [0.15, 0.2) is 0 Å². The first-order chi connectivity index (χ1) is 14.3. The summed E-state index contributed by atoms with van der Waals surface area (Å²) in [5.74, 6) is 0.617. The first-order valence-corrected chi connectivity index (χ1v) is 10.2. The Hall–Kier alpha value is -2.86. The van der Waals surface area contributed by atoms with Crippen molar-refractivity contribution < 1.29 is 14.3 Å². The first-order valence-electron chi connectivity index (χ1n) is 10.2. The molecule has 2 N–H and O–H groups in total. The first kappa shape index (κ1) is 23.4. The lowest BCUT2D eigenvalue weighted by molar-refractivity contribution is -0.129. The Kier molecular flexibility index (Phi) is 8.87. The summed E-state index contributed by atoms with van der Waals surface area (Å²) >= 11 is 0. The molecule has 0 fully saturated rings. The molecule has 0 bridgehead atoms. The molecule has 0 aliphatic heterocycles. The maximum atomic E-state index is 13.1. The number of carbonyl (C=O) groups is 2. The zero-order valence-corrected chi connectivity index (χ0v) is 18.5. The molecular weight excluding hydrogens is 378 g/mol. The second-order valence-corrected chi connectivity index (χ2v) is 7.98. The van der Waals surface area contributed by atoms with Crippen LogP contribution in [-0.2, 0) is 9.59 Å². The van der Waals surface area contributed by atoms with Crippen molar-refractivity contribution in [2.24, 2.45) is 5.92 Å². The third-order valence-electron chi connectivity index (χ3n) is 4.88. The molecule has 6 nitrogen and oxygen atoms in total. The highest BCUT2D eigenvalue weighted by Crippen LogP contribution is 2.27. The summed E-state index contributed by atoms with van der Waals surface area (Å²) in [6.45, 7) is 4.34. The van der Waals surface area contributed by atoms with Gasteiger partial charge >= 0.3 is 0 Å². The van der Waals surface area contributed by atoms with E-state index in [-0.39, 0.29) is 23.8 Å². The van der Waals surface area contributed by atoms with E-state index in [4.69, 9.17) is 4.74 Å². The molecule has 2 atom stereocenters. The second kappa shape index (κ2) is 11.4. The Bertz CT molecular complexity index is 821. The van der Waals surface area contributed by atoms with Gasteiger partial charge in [0.05, 0.1) is 13.2 Å². The predicted octanol–water partition coefficient (Wildman–Crippen LogP) is 3.32. The molecule has 0 saturated carbocycles. The van der Waals surface area contributed by atoms with Crippen molar-refractivity contribution in [1.29, 1.82) is 0 Å². The van der Waals surface area contributed by atoms with Crippen LogP contribution in [0.4, 0.5) is 0 Å². The van der Waals surface area contributed by atoms with Gasteiger partial charge in [0.1, 0.15) is 11.8 Å². The molecule has 0 aliphatic rings. The number of amides is 2. The van der Waals surface area contributed by atoms with Crippen LogP contribution < -0.4 is 15.4 Å². The number of hydrogen-bond acceptors (Lipinski definition) is 4. The molecule has 0 saturated heterocycles. The van der Waals surface area contributed by atoms with Gasteiger partial charge in [-0.25, -0.2) is 0 Å². The minimum atomic E-state index is -0.738. The second-order valence-electron chi connectivity index (χ2n) is 7.98. The van der Waals surface area contributed by atoms with Crippen LogP contribution in [0.1, 0.15) is 43.5 Å². The number of carbonyl (C=O) groups excluding carboxylic acids is 2. The van der Waals surface area contributed by atoms with Gasteiger partial charge in [-0.1, -0.05) is 62.4 Å². The lowest BCUT2D eigenvalue weighted by Crippen LogP contribution is -2.43. The quantitative estimate of drug-likeness (QED) is 0.629. The Morgan fingerprint density at radius 2 is 1.63 bits per heavy atom. The molecule has 162 valence electrons. The normalized spacial score (nSPS) is 13.0. The number of nitrogens with one attached hydrogen (secondary N) is 2. The highest BCUT2D eigenvalue weighted by Gasteiger charge is 2.25. The summed E-state index contributed by atoms with van der Waals surface area (Å²) in [5.41, 5.74) is 1.75. The average molecular weight is 412 g/mol. The van der Waals surface area contributed by atoms with Crippen LogP contribution in [0.5, 0.6) is 5.75 Å². The number of likely N-dealkylation sites (N-methyl/N-ethyl adjacent to an activating group) is 1. The van der Waals surface area contributed by atoms with E-state index in [1.165, 1.54) is 0 Å². The SMILES string of the molecule is COc1ccccc1C(CNC(=O)C(NC(=O)CC(C)C)c1ccccc1)N(C)C. The van der Waals surface area contributed by atoms with E-state index in [1.54, 1.807) is 7.11 Å². The zero-order chi connectivity index (χ0) is 22.1. The van der Waals surface area contributed by atoms with Gasteiger partial charge < -0.3 is 20.3 Å².